The molecule has 2 N–H and O–H groups in total. The summed E-state index contributed by atoms with van der Waals surface area (Å²) in [6.45, 7) is 3.46. The van der Waals surface area contributed by atoms with Crippen molar-refractivity contribution >= 4 is 11.8 Å². The third-order valence-electron chi connectivity index (χ3n) is 2.27. The molecule has 0 aromatic heterocycles. The topological polar surface area (TPSA) is 67.4 Å². The summed E-state index contributed by atoms with van der Waals surface area (Å²) in [6, 6.07) is 3.61. The van der Waals surface area contributed by atoms with Crippen LogP contribution in [-0.4, -0.2) is 31.5 Å². The first-order valence-corrected chi connectivity index (χ1v) is 5.85. The molecular formula is C13H17FN2O3. The van der Waals surface area contributed by atoms with E-state index in [-0.39, 0.29) is 29.8 Å². The summed E-state index contributed by atoms with van der Waals surface area (Å²) in [5.74, 6) is -1.16. The van der Waals surface area contributed by atoms with Crippen molar-refractivity contribution in [2.24, 2.45) is 0 Å². The quantitative estimate of drug-likeness (QED) is 0.840. The molecule has 104 valence electrons. The number of rotatable bonds is 5. The first kappa shape index (κ1) is 14.9. The number of carbonyl (C=O) groups excluding carboxylic acids is 2. The number of ether oxygens (including phenoxy) is 1. The standard InChI is InChI=1S/C13H17FN2O3/c1-8(2)16-12(17)7-15-13(18)10-6-9(14)4-5-11(10)19-3/h4-6,8H,7H2,1-3H3,(H,15,18)(H,16,17). The van der Waals surface area contributed by atoms with E-state index in [0.29, 0.717) is 0 Å². The van der Waals surface area contributed by atoms with Crippen LogP contribution in [0.5, 0.6) is 5.75 Å². The maximum atomic E-state index is 13.1. The molecule has 19 heavy (non-hydrogen) atoms. The molecule has 0 saturated carbocycles. The lowest BCUT2D eigenvalue weighted by atomic mass is 10.2. The van der Waals surface area contributed by atoms with E-state index in [1.807, 2.05) is 13.8 Å². The number of hydrogen-bond acceptors (Lipinski definition) is 3. The molecule has 0 unspecified atom stereocenters. The van der Waals surface area contributed by atoms with Gasteiger partial charge in [0.1, 0.15) is 11.6 Å². The van der Waals surface area contributed by atoms with Crippen molar-refractivity contribution in [3.8, 4) is 5.75 Å². The third-order valence-corrected chi connectivity index (χ3v) is 2.27. The number of carbonyl (C=O) groups is 2. The first-order chi connectivity index (χ1) is 8.93. The van der Waals surface area contributed by atoms with E-state index < -0.39 is 11.7 Å². The lowest BCUT2D eigenvalue weighted by molar-refractivity contribution is -0.120. The predicted octanol–water partition coefficient (Wildman–Crippen LogP) is 1.09. The molecular weight excluding hydrogens is 251 g/mol. The SMILES string of the molecule is COc1ccc(F)cc1C(=O)NCC(=O)NC(C)C. The summed E-state index contributed by atoms with van der Waals surface area (Å²) >= 11 is 0. The number of hydrogen-bond donors (Lipinski definition) is 2. The Morgan fingerprint density at radius 3 is 2.63 bits per heavy atom. The van der Waals surface area contributed by atoms with Crippen molar-refractivity contribution in [2.75, 3.05) is 13.7 Å². The van der Waals surface area contributed by atoms with Gasteiger partial charge in [-0.15, -0.1) is 0 Å². The van der Waals surface area contributed by atoms with Gasteiger partial charge in [0.05, 0.1) is 19.2 Å². The summed E-state index contributed by atoms with van der Waals surface area (Å²) in [6.07, 6.45) is 0. The molecule has 1 aromatic carbocycles. The molecule has 0 aliphatic rings. The van der Waals surface area contributed by atoms with Crippen molar-refractivity contribution in [2.45, 2.75) is 19.9 Å². The van der Waals surface area contributed by atoms with Crippen molar-refractivity contribution in [1.82, 2.24) is 10.6 Å². The van der Waals surface area contributed by atoms with E-state index in [4.69, 9.17) is 4.74 Å². The molecule has 0 fully saturated rings. The molecule has 0 aliphatic carbocycles. The Hall–Kier alpha value is -2.11. The second-order valence-electron chi connectivity index (χ2n) is 4.25. The lowest BCUT2D eigenvalue weighted by Crippen LogP contribution is -2.39. The molecule has 1 aromatic rings. The van der Waals surface area contributed by atoms with Crippen LogP contribution in [0.2, 0.25) is 0 Å². The number of nitrogens with one attached hydrogen (secondary N) is 2. The minimum Gasteiger partial charge on any atom is -0.496 e. The van der Waals surface area contributed by atoms with Crippen LogP contribution < -0.4 is 15.4 Å². The average molecular weight is 268 g/mol. The van der Waals surface area contributed by atoms with Crippen molar-refractivity contribution < 1.29 is 18.7 Å². The highest BCUT2D eigenvalue weighted by molar-refractivity contribution is 5.98. The summed E-state index contributed by atoms with van der Waals surface area (Å²) in [7, 11) is 1.38. The average Bonchev–Trinajstić information content (AvgIpc) is 2.35. The fraction of sp³-hybridized carbons (Fsp3) is 0.385. The molecule has 0 radical (unpaired) electrons. The smallest absolute Gasteiger partial charge is 0.255 e. The van der Waals surface area contributed by atoms with Gasteiger partial charge in [0.15, 0.2) is 0 Å². The highest BCUT2D eigenvalue weighted by Crippen LogP contribution is 2.18. The van der Waals surface area contributed by atoms with Gasteiger partial charge in [-0.1, -0.05) is 0 Å². The van der Waals surface area contributed by atoms with Crippen LogP contribution in [0.25, 0.3) is 0 Å². The van der Waals surface area contributed by atoms with Crippen LogP contribution in [0.3, 0.4) is 0 Å². The van der Waals surface area contributed by atoms with Crippen molar-refractivity contribution in [1.29, 1.82) is 0 Å². The summed E-state index contributed by atoms with van der Waals surface area (Å²) in [4.78, 5) is 23.2. The Balaban J connectivity index is 2.68. The van der Waals surface area contributed by atoms with Gasteiger partial charge >= 0.3 is 0 Å². The van der Waals surface area contributed by atoms with E-state index >= 15 is 0 Å². The second kappa shape index (κ2) is 6.72. The second-order valence-corrected chi connectivity index (χ2v) is 4.25. The Morgan fingerprint density at radius 2 is 2.05 bits per heavy atom. The highest BCUT2D eigenvalue weighted by Gasteiger charge is 2.14. The predicted molar refractivity (Wildman–Crippen MR) is 68.6 cm³/mol. The number of amides is 2. The van der Waals surface area contributed by atoms with Crippen LogP contribution in [-0.2, 0) is 4.79 Å². The first-order valence-electron chi connectivity index (χ1n) is 5.85. The molecule has 0 spiro atoms. The summed E-state index contributed by atoms with van der Waals surface area (Å²) < 4.78 is 18.1. The minimum absolute atomic E-state index is 0.00638. The van der Waals surface area contributed by atoms with Crippen LogP contribution in [0.15, 0.2) is 18.2 Å². The Kier molecular flexibility index (Phi) is 5.29. The number of benzene rings is 1. The van der Waals surface area contributed by atoms with Gasteiger partial charge in [-0.05, 0) is 32.0 Å². The molecule has 0 aliphatic heterocycles. The van der Waals surface area contributed by atoms with Gasteiger partial charge < -0.3 is 15.4 Å². The number of methoxy groups -OCH3 is 1. The molecule has 5 nitrogen and oxygen atoms in total. The normalized spacial score (nSPS) is 10.2. The Bertz CT molecular complexity index is 475. The zero-order valence-corrected chi connectivity index (χ0v) is 11.1. The van der Waals surface area contributed by atoms with E-state index in [1.165, 1.54) is 19.2 Å². The van der Waals surface area contributed by atoms with Crippen LogP contribution in [0, 0.1) is 5.82 Å². The van der Waals surface area contributed by atoms with Gasteiger partial charge in [0, 0.05) is 6.04 Å². The van der Waals surface area contributed by atoms with Crippen molar-refractivity contribution in [3.05, 3.63) is 29.6 Å². The Labute approximate surface area is 111 Å². The molecule has 0 heterocycles. The lowest BCUT2D eigenvalue weighted by Gasteiger charge is -2.11. The van der Waals surface area contributed by atoms with Crippen molar-refractivity contribution in [3.63, 3.8) is 0 Å². The Morgan fingerprint density at radius 1 is 1.37 bits per heavy atom. The van der Waals surface area contributed by atoms with E-state index in [0.717, 1.165) is 6.07 Å². The molecule has 0 atom stereocenters. The van der Waals surface area contributed by atoms with Gasteiger partial charge in [-0.25, -0.2) is 4.39 Å². The third kappa shape index (κ3) is 4.57. The maximum absolute atomic E-state index is 13.1. The zero-order chi connectivity index (χ0) is 14.4. The molecule has 1 rings (SSSR count). The molecule has 6 heteroatoms. The molecule has 2 amide bonds. The highest BCUT2D eigenvalue weighted by atomic mass is 19.1. The van der Waals surface area contributed by atoms with Crippen LogP contribution >= 0.6 is 0 Å². The van der Waals surface area contributed by atoms with Gasteiger partial charge in [0.2, 0.25) is 5.91 Å². The monoisotopic (exact) mass is 268 g/mol. The minimum atomic E-state index is -0.560. The van der Waals surface area contributed by atoms with E-state index in [9.17, 15) is 14.0 Å². The van der Waals surface area contributed by atoms with Gasteiger partial charge in [-0.2, -0.15) is 0 Å². The number of halogens is 1. The molecule has 0 bridgehead atoms. The fourth-order valence-corrected chi connectivity index (χ4v) is 1.49. The van der Waals surface area contributed by atoms with E-state index in [1.54, 1.807) is 0 Å². The summed E-state index contributed by atoms with van der Waals surface area (Å²) in [5, 5.41) is 5.04. The summed E-state index contributed by atoms with van der Waals surface area (Å²) in [5.41, 5.74) is 0.0554. The van der Waals surface area contributed by atoms with Gasteiger partial charge in [-0.3, -0.25) is 9.59 Å². The zero-order valence-electron chi connectivity index (χ0n) is 11.1. The molecule has 0 saturated heterocycles. The maximum Gasteiger partial charge on any atom is 0.255 e. The van der Waals surface area contributed by atoms with Gasteiger partial charge in [0.25, 0.3) is 5.91 Å². The van der Waals surface area contributed by atoms with E-state index in [2.05, 4.69) is 10.6 Å². The van der Waals surface area contributed by atoms with Crippen LogP contribution in [0.1, 0.15) is 24.2 Å². The van der Waals surface area contributed by atoms with Crippen LogP contribution in [0.4, 0.5) is 4.39 Å². The largest absolute Gasteiger partial charge is 0.496 e. The fourth-order valence-electron chi connectivity index (χ4n) is 1.49.